The van der Waals surface area contributed by atoms with E-state index in [1.165, 1.54) is 5.57 Å². The molecule has 2 saturated carbocycles. The Labute approximate surface area is 211 Å². The van der Waals surface area contributed by atoms with E-state index in [1.54, 1.807) is 13.8 Å². The minimum Gasteiger partial charge on any atom is -0.392 e. The van der Waals surface area contributed by atoms with Crippen LogP contribution in [-0.4, -0.2) is 51.6 Å². The third-order valence-electron chi connectivity index (χ3n) is 11.7. The molecule has 4 aliphatic carbocycles. The summed E-state index contributed by atoms with van der Waals surface area (Å²) in [5, 5.41) is 33.1. The van der Waals surface area contributed by atoms with Gasteiger partial charge in [0.15, 0.2) is 5.78 Å². The van der Waals surface area contributed by atoms with Gasteiger partial charge in [-0.15, -0.1) is 0 Å². The van der Waals surface area contributed by atoms with Crippen LogP contribution in [0, 0.1) is 45.3 Å². The number of fused-ring (bicyclic) bond motifs is 5. The molecule has 5 heteroatoms. The van der Waals surface area contributed by atoms with Crippen molar-refractivity contribution in [2.24, 2.45) is 45.3 Å². The highest BCUT2D eigenvalue weighted by Gasteiger charge is 2.67. The van der Waals surface area contributed by atoms with Crippen molar-refractivity contribution in [3.8, 4) is 0 Å². The Kier molecular flexibility index (Phi) is 5.68. The summed E-state index contributed by atoms with van der Waals surface area (Å²) in [6.45, 7) is 15.1. The zero-order valence-corrected chi connectivity index (χ0v) is 22.7. The molecule has 0 aromatic carbocycles. The molecule has 5 rings (SSSR count). The quantitative estimate of drug-likeness (QED) is 0.502. The van der Waals surface area contributed by atoms with Crippen molar-refractivity contribution >= 4 is 5.78 Å². The molecular weight excluding hydrogens is 440 g/mol. The summed E-state index contributed by atoms with van der Waals surface area (Å²) in [6, 6.07) is 0. The van der Waals surface area contributed by atoms with E-state index < -0.39 is 29.3 Å². The SMILES string of the molecule is CC(C)(O)[C@@H]1OC[C@H]([C@@H]2CC=C3[C@]4(C)[C@H](O)C[C@@H]5C(C)(C)C(=O)C=C[C@]5(C)[C@H]4CC[C@]32C)C[C@H]1O. The molecule has 5 nitrogen and oxygen atoms in total. The second-order valence-corrected chi connectivity index (χ2v) is 14.3. The molecule has 1 saturated heterocycles. The number of carbonyl (C=O) groups is 1. The van der Waals surface area contributed by atoms with Crippen molar-refractivity contribution in [2.45, 2.75) is 104 Å². The van der Waals surface area contributed by atoms with E-state index >= 15 is 0 Å². The lowest BCUT2D eigenvalue weighted by molar-refractivity contribution is -0.189. The molecule has 0 amide bonds. The van der Waals surface area contributed by atoms with Crippen molar-refractivity contribution in [3.63, 3.8) is 0 Å². The molecule has 196 valence electrons. The summed E-state index contributed by atoms with van der Waals surface area (Å²) in [7, 11) is 0. The molecule has 0 radical (unpaired) electrons. The molecular formula is C30H46O5. The first kappa shape index (κ1) is 25.6. The van der Waals surface area contributed by atoms with Crippen LogP contribution in [0.5, 0.6) is 0 Å². The molecule has 0 aromatic heterocycles. The van der Waals surface area contributed by atoms with E-state index in [2.05, 4.69) is 46.8 Å². The largest absolute Gasteiger partial charge is 0.392 e. The van der Waals surface area contributed by atoms with Crippen LogP contribution >= 0.6 is 0 Å². The predicted molar refractivity (Wildman–Crippen MR) is 135 cm³/mol. The molecule has 0 unspecified atom stereocenters. The summed E-state index contributed by atoms with van der Waals surface area (Å²) >= 11 is 0. The van der Waals surface area contributed by atoms with Crippen LogP contribution in [0.2, 0.25) is 0 Å². The Morgan fingerprint density at radius 3 is 2.37 bits per heavy atom. The van der Waals surface area contributed by atoms with Crippen LogP contribution in [0.1, 0.15) is 80.6 Å². The third kappa shape index (κ3) is 3.37. The number of allylic oxidation sites excluding steroid dienone is 3. The van der Waals surface area contributed by atoms with Gasteiger partial charge in [0.1, 0.15) is 6.10 Å². The number of rotatable bonds is 2. The fourth-order valence-corrected chi connectivity index (χ4v) is 9.81. The maximum Gasteiger partial charge on any atom is 0.161 e. The van der Waals surface area contributed by atoms with Gasteiger partial charge in [0.25, 0.3) is 0 Å². The highest BCUT2D eigenvalue weighted by atomic mass is 16.5. The van der Waals surface area contributed by atoms with Gasteiger partial charge in [0, 0.05) is 10.8 Å². The van der Waals surface area contributed by atoms with Crippen LogP contribution in [0.4, 0.5) is 0 Å². The van der Waals surface area contributed by atoms with Gasteiger partial charge in [-0.05, 0) is 86.5 Å². The minimum atomic E-state index is -1.07. The Balaban J connectivity index is 1.45. The van der Waals surface area contributed by atoms with Crippen molar-refractivity contribution < 1.29 is 24.9 Å². The number of hydrogen-bond donors (Lipinski definition) is 3. The molecule has 1 aliphatic heterocycles. The second kappa shape index (κ2) is 7.75. The van der Waals surface area contributed by atoms with Gasteiger partial charge < -0.3 is 20.1 Å². The highest BCUT2D eigenvalue weighted by molar-refractivity contribution is 5.95. The lowest BCUT2D eigenvalue weighted by Gasteiger charge is -2.66. The Bertz CT molecular complexity index is 958. The van der Waals surface area contributed by atoms with Gasteiger partial charge in [-0.25, -0.2) is 0 Å². The second-order valence-electron chi connectivity index (χ2n) is 14.3. The topological polar surface area (TPSA) is 87.0 Å². The van der Waals surface area contributed by atoms with Crippen molar-refractivity contribution in [2.75, 3.05) is 6.61 Å². The average Bonchev–Trinajstić information content (AvgIpc) is 3.11. The van der Waals surface area contributed by atoms with Gasteiger partial charge in [0.05, 0.1) is 24.4 Å². The molecule has 3 fully saturated rings. The third-order valence-corrected chi connectivity index (χ3v) is 11.7. The van der Waals surface area contributed by atoms with Crippen LogP contribution in [0.25, 0.3) is 0 Å². The first-order chi connectivity index (χ1) is 16.1. The van der Waals surface area contributed by atoms with Crippen molar-refractivity contribution in [1.29, 1.82) is 0 Å². The smallest absolute Gasteiger partial charge is 0.161 e. The standard InChI is InChI=1S/C30H46O5/c1-26(2)22-15-24(33)30(7)20-9-8-18(17-14-19(31)25(35-16-17)27(3,4)34)28(20,5)12-10-21(30)29(22,6)13-11-23(26)32/h9,11,13,17-19,21-22,24-25,31,33-34H,8,10,12,14-16H2,1-7H3/t17-,18+,19-,21-,22-,24-,25-,28+,29-,30+/m1/s1. The summed E-state index contributed by atoms with van der Waals surface area (Å²) in [5.74, 6) is 1.15. The molecule has 1 heterocycles. The van der Waals surface area contributed by atoms with Crippen LogP contribution in [0.3, 0.4) is 0 Å². The number of hydrogen-bond acceptors (Lipinski definition) is 5. The fourth-order valence-electron chi connectivity index (χ4n) is 9.81. The molecule has 10 atom stereocenters. The fraction of sp³-hybridized carbons (Fsp3) is 0.833. The molecule has 0 spiro atoms. The zero-order chi connectivity index (χ0) is 25.8. The molecule has 5 aliphatic rings. The Morgan fingerprint density at radius 1 is 1.06 bits per heavy atom. The van der Waals surface area contributed by atoms with Crippen molar-refractivity contribution in [1.82, 2.24) is 0 Å². The molecule has 3 N–H and O–H groups in total. The van der Waals surface area contributed by atoms with Gasteiger partial charge in [-0.1, -0.05) is 52.3 Å². The maximum absolute atomic E-state index is 12.8. The number of carbonyl (C=O) groups excluding carboxylic acids is 1. The summed E-state index contributed by atoms with van der Waals surface area (Å²) in [4.78, 5) is 12.8. The molecule has 0 aromatic rings. The van der Waals surface area contributed by atoms with E-state index in [0.29, 0.717) is 25.4 Å². The molecule has 35 heavy (non-hydrogen) atoms. The van der Waals surface area contributed by atoms with Crippen LogP contribution in [0.15, 0.2) is 23.8 Å². The Morgan fingerprint density at radius 2 is 1.74 bits per heavy atom. The predicted octanol–water partition coefficient (Wildman–Crippen LogP) is 4.44. The first-order valence-corrected chi connectivity index (χ1v) is 13.7. The van der Waals surface area contributed by atoms with Gasteiger partial charge in [0.2, 0.25) is 0 Å². The number of ketones is 1. The maximum atomic E-state index is 12.8. The number of aliphatic hydroxyl groups excluding tert-OH is 2. The minimum absolute atomic E-state index is 0.0472. The lowest BCUT2D eigenvalue weighted by atomic mass is 9.38. The molecule has 0 bridgehead atoms. The average molecular weight is 487 g/mol. The number of ether oxygens (including phenoxy) is 1. The van der Waals surface area contributed by atoms with Gasteiger partial charge >= 0.3 is 0 Å². The van der Waals surface area contributed by atoms with Gasteiger partial charge in [-0.2, -0.15) is 0 Å². The highest BCUT2D eigenvalue weighted by Crippen LogP contribution is 2.72. The van der Waals surface area contributed by atoms with E-state index in [9.17, 15) is 20.1 Å². The van der Waals surface area contributed by atoms with E-state index in [4.69, 9.17) is 4.74 Å². The van der Waals surface area contributed by atoms with E-state index in [-0.39, 0.29) is 39.8 Å². The summed E-state index contributed by atoms with van der Waals surface area (Å²) < 4.78 is 6.06. The van der Waals surface area contributed by atoms with E-state index in [1.807, 2.05) is 6.08 Å². The van der Waals surface area contributed by atoms with Gasteiger partial charge in [-0.3, -0.25) is 4.79 Å². The summed E-state index contributed by atoms with van der Waals surface area (Å²) in [5.41, 5.74) is -0.659. The zero-order valence-electron chi connectivity index (χ0n) is 22.7. The van der Waals surface area contributed by atoms with E-state index in [0.717, 1.165) is 19.3 Å². The van der Waals surface area contributed by atoms with Crippen LogP contribution < -0.4 is 0 Å². The van der Waals surface area contributed by atoms with Crippen molar-refractivity contribution in [3.05, 3.63) is 23.8 Å². The Hall–Kier alpha value is -1.01. The normalized spacial score (nSPS) is 51.3. The number of aliphatic hydroxyl groups is 3. The monoisotopic (exact) mass is 486 g/mol. The lowest BCUT2D eigenvalue weighted by Crippen LogP contribution is -2.64. The first-order valence-electron chi connectivity index (χ1n) is 13.7. The summed E-state index contributed by atoms with van der Waals surface area (Å²) in [6.07, 6.45) is 8.95. The van der Waals surface area contributed by atoms with Crippen LogP contribution in [-0.2, 0) is 9.53 Å².